The Morgan fingerprint density at radius 3 is 2.40 bits per heavy atom. The van der Waals surface area contributed by atoms with Gasteiger partial charge in [0, 0.05) is 13.1 Å². The summed E-state index contributed by atoms with van der Waals surface area (Å²) < 4.78 is 33.2. The van der Waals surface area contributed by atoms with Gasteiger partial charge in [0.15, 0.2) is 0 Å². The Hall–Kier alpha value is -0.700. The zero-order valence-electron chi connectivity index (χ0n) is 11.7. The molecule has 1 aliphatic heterocycles. The number of carbonyl (C=O) groups excluding carboxylic acids is 1. The zero-order chi connectivity index (χ0) is 14.8. The highest BCUT2D eigenvalue weighted by Gasteiger charge is 2.42. The molecular formula is C12H22N2O5S. The van der Waals surface area contributed by atoms with Crippen LogP contribution in [0.5, 0.6) is 0 Å². The highest BCUT2D eigenvalue weighted by atomic mass is 32.2. The van der Waals surface area contributed by atoms with Crippen molar-refractivity contribution in [3.63, 3.8) is 0 Å². The van der Waals surface area contributed by atoms with Crippen LogP contribution in [0.4, 0.5) is 0 Å². The van der Waals surface area contributed by atoms with E-state index < -0.39 is 15.7 Å². The number of nitrogens with zero attached hydrogens (tertiary/aromatic N) is 1. The molecule has 116 valence electrons. The average molecular weight is 306 g/mol. The van der Waals surface area contributed by atoms with E-state index >= 15 is 0 Å². The molecule has 0 unspecified atom stereocenters. The minimum Gasteiger partial charge on any atom is -0.469 e. The normalized spacial score (nSPS) is 24.1. The van der Waals surface area contributed by atoms with E-state index in [-0.39, 0.29) is 18.5 Å². The van der Waals surface area contributed by atoms with Crippen LogP contribution in [0.15, 0.2) is 0 Å². The highest BCUT2D eigenvalue weighted by Crippen LogP contribution is 2.32. The molecule has 2 N–H and O–H groups in total. The predicted octanol–water partition coefficient (Wildman–Crippen LogP) is -0.379. The van der Waals surface area contributed by atoms with Gasteiger partial charge in [-0.15, -0.1) is 0 Å². The molecule has 0 aromatic heterocycles. The lowest BCUT2D eigenvalue weighted by molar-refractivity contribution is -0.146. The van der Waals surface area contributed by atoms with Crippen molar-refractivity contribution in [2.24, 2.45) is 5.92 Å². The van der Waals surface area contributed by atoms with Crippen LogP contribution in [-0.2, 0) is 19.7 Å². The maximum absolute atomic E-state index is 12.3. The molecule has 0 atom stereocenters. The van der Waals surface area contributed by atoms with Crippen LogP contribution in [-0.4, -0.2) is 56.1 Å². The van der Waals surface area contributed by atoms with Crippen LogP contribution in [0.1, 0.15) is 32.1 Å². The lowest BCUT2D eigenvalue weighted by Crippen LogP contribution is -2.60. The second kappa shape index (κ2) is 5.97. The van der Waals surface area contributed by atoms with E-state index in [1.807, 2.05) is 0 Å². The van der Waals surface area contributed by atoms with Crippen LogP contribution >= 0.6 is 0 Å². The van der Waals surface area contributed by atoms with E-state index in [1.165, 1.54) is 11.4 Å². The molecule has 0 spiro atoms. The second-order valence-electron chi connectivity index (χ2n) is 5.60. The number of piperidine rings is 1. The molecule has 20 heavy (non-hydrogen) atoms. The molecule has 2 rings (SSSR count). The highest BCUT2D eigenvalue weighted by molar-refractivity contribution is 7.87. The second-order valence-corrected chi connectivity index (χ2v) is 7.27. The molecule has 2 aliphatic rings. The Morgan fingerprint density at radius 1 is 1.40 bits per heavy atom. The first-order valence-electron chi connectivity index (χ1n) is 6.90. The molecule has 1 saturated heterocycles. The molecular weight excluding hydrogens is 284 g/mol. The first kappa shape index (κ1) is 15.7. The summed E-state index contributed by atoms with van der Waals surface area (Å²) in [4.78, 5) is 11.4. The number of hydrogen-bond acceptors (Lipinski definition) is 5. The van der Waals surface area contributed by atoms with Crippen molar-refractivity contribution in [3.05, 3.63) is 0 Å². The van der Waals surface area contributed by atoms with Gasteiger partial charge in [-0.3, -0.25) is 4.79 Å². The van der Waals surface area contributed by atoms with Gasteiger partial charge in [0.1, 0.15) is 0 Å². The summed E-state index contributed by atoms with van der Waals surface area (Å²) >= 11 is 0. The summed E-state index contributed by atoms with van der Waals surface area (Å²) in [6.07, 6.45) is 3.20. The van der Waals surface area contributed by atoms with Crippen molar-refractivity contribution in [2.75, 3.05) is 26.8 Å². The molecule has 1 aliphatic carbocycles. The Labute approximate surface area is 119 Å². The number of nitrogens with one attached hydrogen (secondary N) is 1. The summed E-state index contributed by atoms with van der Waals surface area (Å²) in [6, 6.07) is 0. The van der Waals surface area contributed by atoms with Crippen LogP contribution < -0.4 is 4.72 Å². The van der Waals surface area contributed by atoms with Gasteiger partial charge in [0.05, 0.1) is 25.2 Å². The van der Waals surface area contributed by atoms with Gasteiger partial charge in [-0.1, -0.05) is 0 Å². The summed E-state index contributed by atoms with van der Waals surface area (Å²) in [5.41, 5.74) is -0.683. The number of aliphatic hydroxyl groups is 1. The van der Waals surface area contributed by atoms with E-state index in [2.05, 4.69) is 9.46 Å². The fraction of sp³-hybridized carbons (Fsp3) is 0.917. The number of hydrogen-bond donors (Lipinski definition) is 2. The summed E-state index contributed by atoms with van der Waals surface area (Å²) in [7, 11) is -2.26. The number of aliphatic hydroxyl groups excluding tert-OH is 1. The predicted molar refractivity (Wildman–Crippen MR) is 72.0 cm³/mol. The van der Waals surface area contributed by atoms with Crippen LogP contribution in [0.3, 0.4) is 0 Å². The molecule has 0 aromatic rings. The van der Waals surface area contributed by atoms with E-state index in [4.69, 9.17) is 0 Å². The molecule has 0 bridgehead atoms. The number of ether oxygens (including phenoxy) is 1. The quantitative estimate of drug-likeness (QED) is 0.675. The van der Waals surface area contributed by atoms with Gasteiger partial charge in [-0.25, -0.2) is 0 Å². The van der Waals surface area contributed by atoms with E-state index in [0.717, 1.165) is 6.42 Å². The Morgan fingerprint density at radius 2 is 2.00 bits per heavy atom. The summed E-state index contributed by atoms with van der Waals surface area (Å²) in [5.74, 6) is -0.497. The Kier molecular flexibility index (Phi) is 4.68. The number of esters is 1. The third-order valence-corrected chi connectivity index (χ3v) is 6.02. The first-order valence-corrected chi connectivity index (χ1v) is 8.34. The molecule has 0 aromatic carbocycles. The van der Waals surface area contributed by atoms with Crippen molar-refractivity contribution < 1.29 is 23.1 Å². The lowest BCUT2D eigenvalue weighted by Gasteiger charge is -2.42. The fourth-order valence-corrected chi connectivity index (χ4v) is 4.37. The lowest BCUT2D eigenvalue weighted by atomic mass is 9.78. The topological polar surface area (TPSA) is 95.9 Å². The average Bonchev–Trinajstić information content (AvgIpc) is 2.42. The third kappa shape index (κ3) is 3.13. The standard InChI is InChI=1S/C12H22N2O5S/c1-19-11(16)10-3-7-14(8-4-10)20(17,18)13-12(9-15)5-2-6-12/h10,13,15H,2-9H2,1H3. The van der Waals surface area contributed by atoms with Gasteiger partial charge in [-0.2, -0.15) is 17.4 Å². The van der Waals surface area contributed by atoms with E-state index in [1.54, 1.807) is 0 Å². The van der Waals surface area contributed by atoms with E-state index in [0.29, 0.717) is 38.8 Å². The van der Waals surface area contributed by atoms with Crippen molar-refractivity contribution in [2.45, 2.75) is 37.6 Å². The fourth-order valence-electron chi connectivity index (χ4n) is 2.73. The molecule has 1 saturated carbocycles. The Balaban J connectivity index is 1.93. The van der Waals surface area contributed by atoms with Crippen LogP contribution in [0.25, 0.3) is 0 Å². The molecule has 0 amide bonds. The first-order chi connectivity index (χ1) is 9.42. The van der Waals surface area contributed by atoms with Gasteiger partial charge in [-0.05, 0) is 32.1 Å². The van der Waals surface area contributed by atoms with Gasteiger partial charge >= 0.3 is 5.97 Å². The minimum absolute atomic E-state index is 0.176. The van der Waals surface area contributed by atoms with E-state index in [9.17, 15) is 18.3 Å². The minimum atomic E-state index is -3.60. The SMILES string of the molecule is COC(=O)C1CCN(S(=O)(=O)NC2(CO)CCC2)CC1. The molecule has 1 heterocycles. The summed E-state index contributed by atoms with van der Waals surface area (Å²) in [6.45, 7) is 0.429. The molecule has 7 nitrogen and oxygen atoms in total. The smallest absolute Gasteiger partial charge is 0.308 e. The van der Waals surface area contributed by atoms with Crippen molar-refractivity contribution >= 4 is 16.2 Å². The number of rotatable bonds is 5. The number of carbonyl (C=O) groups is 1. The zero-order valence-corrected chi connectivity index (χ0v) is 12.5. The van der Waals surface area contributed by atoms with Gasteiger partial charge in [0.2, 0.25) is 0 Å². The number of methoxy groups -OCH3 is 1. The Bertz CT molecular complexity index is 447. The molecule has 2 fully saturated rings. The van der Waals surface area contributed by atoms with Crippen LogP contribution in [0.2, 0.25) is 0 Å². The summed E-state index contributed by atoms with van der Waals surface area (Å²) in [5, 5.41) is 9.34. The van der Waals surface area contributed by atoms with Crippen molar-refractivity contribution in [3.8, 4) is 0 Å². The third-order valence-electron chi connectivity index (χ3n) is 4.29. The molecule has 8 heteroatoms. The monoisotopic (exact) mass is 306 g/mol. The van der Waals surface area contributed by atoms with Crippen LogP contribution in [0, 0.1) is 5.92 Å². The van der Waals surface area contributed by atoms with Crippen molar-refractivity contribution in [1.29, 1.82) is 0 Å². The van der Waals surface area contributed by atoms with Crippen molar-refractivity contribution in [1.82, 2.24) is 9.03 Å². The van der Waals surface area contributed by atoms with Gasteiger partial charge < -0.3 is 9.84 Å². The maximum atomic E-state index is 12.3. The van der Waals surface area contributed by atoms with Gasteiger partial charge in [0.25, 0.3) is 10.2 Å². The maximum Gasteiger partial charge on any atom is 0.308 e. The largest absolute Gasteiger partial charge is 0.469 e. The molecule has 0 radical (unpaired) electrons.